The molecule has 1 aliphatic rings. The molecule has 7 heteroatoms. The first-order valence-electron chi connectivity index (χ1n) is 6.14. The normalized spacial score (nSPS) is 17.6. The Bertz CT molecular complexity index is 659. The topological polar surface area (TPSA) is 78.2 Å². The first kappa shape index (κ1) is 15.0. The molecule has 106 valence electrons. The molecule has 0 atom stereocenters. The van der Waals surface area contributed by atoms with Gasteiger partial charge in [-0.3, -0.25) is 0 Å². The Labute approximate surface area is 122 Å². The molecule has 5 nitrogen and oxygen atoms in total. The Morgan fingerprint density at radius 3 is 2.55 bits per heavy atom. The lowest BCUT2D eigenvalue weighted by molar-refractivity contribution is -0.112. The van der Waals surface area contributed by atoms with Gasteiger partial charge in [0.1, 0.15) is 11.2 Å². The number of piperidine rings is 1. The van der Waals surface area contributed by atoms with E-state index in [1.165, 1.54) is 22.5 Å². The summed E-state index contributed by atoms with van der Waals surface area (Å²) in [6, 6.07) is 6.06. The first-order valence-corrected chi connectivity index (χ1v) is 7.96. The molecule has 1 saturated heterocycles. The van der Waals surface area contributed by atoms with E-state index in [0.717, 1.165) is 6.29 Å². The highest BCUT2D eigenvalue weighted by Crippen LogP contribution is 2.28. The number of nitriles is 1. The number of hydrogen-bond acceptors (Lipinski definition) is 4. The summed E-state index contributed by atoms with van der Waals surface area (Å²) in [6.45, 7) is 0.581. The zero-order valence-electron chi connectivity index (χ0n) is 10.6. The maximum atomic E-state index is 12.5. The Morgan fingerprint density at radius 2 is 2.00 bits per heavy atom. The molecule has 0 N–H and O–H groups in total. The van der Waals surface area contributed by atoms with Crippen molar-refractivity contribution in [3.05, 3.63) is 28.8 Å². The SMILES string of the molecule is N#Cc1ccc(Cl)c(S(=O)(=O)N2CCC(C=O)CC2)c1. The van der Waals surface area contributed by atoms with Crippen LogP contribution in [0.25, 0.3) is 0 Å². The maximum Gasteiger partial charge on any atom is 0.244 e. The van der Waals surface area contributed by atoms with Crippen molar-refractivity contribution in [2.75, 3.05) is 13.1 Å². The molecule has 20 heavy (non-hydrogen) atoms. The third kappa shape index (κ3) is 2.85. The van der Waals surface area contributed by atoms with Crippen molar-refractivity contribution in [3.63, 3.8) is 0 Å². The van der Waals surface area contributed by atoms with Crippen molar-refractivity contribution in [1.29, 1.82) is 5.26 Å². The summed E-state index contributed by atoms with van der Waals surface area (Å²) < 4.78 is 26.3. The van der Waals surface area contributed by atoms with E-state index < -0.39 is 10.0 Å². The van der Waals surface area contributed by atoms with Crippen molar-refractivity contribution >= 4 is 27.9 Å². The van der Waals surface area contributed by atoms with Gasteiger partial charge in [-0.05, 0) is 31.0 Å². The Morgan fingerprint density at radius 1 is 1.35 bits per heavy atom. The predicted octanol–water partition coefficient (Wildman–Crippen LogP) is 1.81. The molecule has 1 aromatic rings. The fraction of sp³-hybridized carbons (Fsp3) is 0.385. The van der Waals surface area contributed by atoms with Crippen molar-refractivity contribution in [2.45, 2.75) is 17.7 Å². The van der Waals surface area contributed by atoms with E-state index in [1.807, 2.05) is 6.07 Å². The van der Waals surface area contributed by atoms with Gasteiger partial charge in [0, 0.05) is 19.0 Å². The van der Waals surface area contributed by atoms with Crippen LogP contribution >= 0.6 is 11.6 Å². The number of aldehydes is 1. The summed E-state index contributed by atoms with van der Waals surface area (Å²) in [7, 11) is -3.72. The third-order valence-corrected chi connectivity index (χ3v) is 5.75. The quantitative estimate of drug-likeness (QED) is 0.797. The molecule has 0 amide bonds. The lowest BCUT2D eigenvalue weighted by Gasteiger charge is -2.29. The molecular formula is C13H13ClN2O3S. The molecule has 1 heterocycles. The van der Waals surface area contributed by atoms with E-state index in [1.54, 1.807) is 0 Å². The highest BCUT2D eigenvalue weighted by atomic mass is 35.5. The van der Waals surface area contributed by atoms with Crippen LogP contribution in [0.5, 0.6) is 0 Å². The molecular weight excluding hydrogens is 300 g/mol. The molecule has 0 aliphatic carbocycles. The molecule has 0 radical (unpaired) electrons. The van der Waals surface area contributed by atoms with Gasteiger partial charge in [0.25, 0.3) is 0 Å². The number of nitrogens with zero attached hydrogens (tertiary/aromatic N) is 2. The van der Waals surface area contributed by atoms with Crippen molar-refractivity contribution in [1.82, 2.24) is 4.31 Å². The fourth-order valence-electron chi connectivity index (χ4n) is 2.16. The number of benzene rings is 1. The Kier molecular flexibility index (Phi) is 4.43. The summed E-state index contributed by atoms with van der Waals surface area (Å²) in [5.41, 5.74) is 0.246. The zero-order valence-corrected chi connectivity index (χ0v) is 12.2. The molecule has 0 aromatic heterocycles. The van der Waals surface area contributed by atoms with E-state index in [0.29, 0.717) is 25.9 Å². The van der Waals surface area contributed by atoms with Crippen LogP contribution in [-0.4, -0.2) is 32.1 Å². The van der Waals surface area contributed by atoms with Gasteiger partial charge in [-0.15, -0.1) is 0 Å². The fourth-order valence-corrected chi connectivity index (χ4v) is 4.13. The number of sulfonamides is 1. The summed E-state index contributed by atoms with van der Waals surface area (Å²) in [6.07, 6.45) is 1.89. The van der Waals surface area contributed by atoms with Gasteiger partial charge in [0.2, 0.25) is 10.0 Å². The van der Waals surface area contributed by atoms with E-state index in [9.17, 15) is 13.2 Å². The molecule has 1 aliphatic heterocycles. The van der Waals surface area contributed by atoms with Gasteiger partial charge < -0.3 is 4.79 Å². The lowest BCUT2D eigenvalue weighted by atomic mass is 10.0. The number of hydrogen-bond donors (Lipinski definition) is 0. The van der Waals surface area contributed by atoms with Crippen LogP contribution in [0.3, 0.4) is 0 Å². The second-order valence-electron chi connectivity index (χ2n) is 4.63. The van der Waals surface area contributed by atoms with E-state index in [-0.39, 0.29) is 21.4 Å². The average molecular weight is 313 g/mol. The standard InChI is InChI=1S/C13H13ClN2O3S/c14-12-2-1-11(8-15)7-13(12)20(18,19)16-5-3-10(9-17)4-6-16/h1-2,7,9-10H,3-6H2. The summed E-state index contributed by atoms with van der Waals surface area (Å²) in [5.74, 6) is -0.0811. The van der Waals surface area contributed by atoms with E-state index >= 15 is 0 Å². The minimum atomic E-state index is -3.72. The van der Waals surface area contributed by atoms with Crippen molar-refractivity contribution in [3.8, 4) is 6.07 Å². The number of halogens is 1. The molecule has 0 unspecified atom stereocenters. The number of carbonyl (C=O) groups excluding carboxylic acids is 1. The van der Waals surface area contributed by atoms with Crippen LogP contribution in [0, 0.1) is 17.2 Å². The highest BCUT2D eigenvalue weighted by molar-refractivity contribution is 7.89. The molecule has 2 rings (SSSR count). The lowest BCUT2D eigenvalue weighted by Crippen LogP contribution is -2.38. The number of rotatable bonds is 3. The second kappa shape index (κ2) is 5.92. The monoisotopic (exact) mass is 312 g/mol. The number of carbonyl (C=O) groups is 1. The Balaban J connectivity index is 2.32. The highest BCUT2D eigenvalue weighted by Gasteiger charge is 2.30. The zero-order chi connectivity index (χ0) is 14.8. The van der Waals surface area contributed by atoms with Crippen molar-refractivity contribution in [2.24, 2.45) is 5.92 Å². The van der Waals surface area contributed by atoms with Crippen LogP contribution in [0.15, 0.2) is 23.1 Å². The molecule has 1 aromatic carbocycles. The molecule has 0 bridgehead atoms. The van der Waals surface area contributed by atoms with Gasteiger partial charge in [-0.25, -0.2) is 8.42 Å². The van der Waals surface area contributed by atoms with Crippen LogP contribution in [0.2, 0.25) is 5.02 Å². The van der Waals surface area contributed by atoms with Crippen molar-refractivity contribution < 1.29 is 13.2 Å². The van der Waals surface area contributed by atoms with Gasteiger partial charge in [-0.2, -0.15) is 9.57 Å². The summed E-state index contributed by atoms with van der Waals surface area (Å²) in [4.78, 5) is 10.6. The van der Waals surface area contributed by atoms with Crippen LogP contribution in [0.1, 0.15) is 18.4 Å². The van der Waals surface area contributed by atoms with E-state index in [2.05, 4.69) is 0 Å². The summed E-state index contributed by atoms with van der Waals surface area (Å²) >= 11 is 5.94. The Hall–Kier alpha value is -1.42. The molecule has 1 fully saturated rings. The van der Waals surface area contributed by atoms with Gasteiger partial charge in [0.15, 0.2) is 0 Å². The first-order chi connectivity index (χ1) is 9.48. The third-order valence-electron chi connectivity index (χ3n) is 3.37. The van der Waals surface area contributed by atoms with E-state index in [4.69, 9.17) is 16.9 Å². The van der Waals surface area contributed by atoms with Gasteiger partial charge in [-0.1, -0.05) is 11.6 Å². The minimum absolute atomic E-state index is 0.0530. The minimum Gasteiger partial charge on any atom is -0.303 e. The van der Waals surface area contributed by atoms with Crippen LogP contribution in [0.4, 0.5) is 0 Å². The molecule has 0 spiro atoms. The van der Waals surface area contributed by atoms with Gasteiger partial charge in [0.05, 0.1) is 16.7 Å². The van der Waals surface area contributed by atoms with Gasteiger partial charge >= 0.3 is 0 Å². The maximum absolute atomic E-state index is 12.5. The smallest absolute Gasteiger partial charge is 0.244 e. The second-order valence-corrected chi connectivity index (χ2v) is 6.95. The average Bonchev–Trinajstić information content (AvgIpc) is 2.47. The molecule has 0 saturated carbocycles. The van der Waals surface area contributed by atoms with Crippen LogP contribution in [-0.2, 0) is 14.8 Å². The largest absolute Gasteiger partial charge is 0.303 e. The summed E-state index contributed by atoms with van der Waals surface area (Å²) in [5, 5.41) is 8.95. The predicted molar refractivity (Wildman–Crippen MR) is 73.7 cm³/mol. The van der Waals surface area contributed by atoms with Crippen LogP contribution < -0.4 is 0 Å².